The molecule has 2 bridgehead atoms. The maximum absolute atomic E-state index is 6.38. The summed E-state index contributed by atoms with van der Waals surface area (Å²) in [7, 11) is 2.28. The van der Waals surface area contributed by atoms with Gasteiger partial charge in [0, 0.05) is 18.1 Å². The number of rotatable bonds is 2. The SMILES string of the molecule is CN1[C@H]2CC[C@H]1[C@@H](Cc1ccccc1)[C@H](N)C2. The molecule has 2 N–H and O–H groups in total. The zero-order valence-corrected chi connectivity index (χ0v) is 10.5. The Hall–Kier alpha value is -0.860. The maximum Gasteiger partial charge on any atom is 0.0142 e. The Kier molecular flexibility index (Phi) is 2.93. The number of benzene rings is 1. The Morgan fingerprint density at radius 1 is 1.24 bits per heavy atom. The average Bonchev–Trinajstić information content (AvgIpc) is 2.59. The molecule has 0 aliphatic carbocycles. The van der Waals surface area contributed by atoms with E-state index in [1.165, 1.54) is 24.8 Å². The van der Waals surface area contributed by atoms with Gasteiger partial charge in [0.1, 0.15) is 0 Å². The van der Waals surface area contributed by atoms with Crippen LogP contribution in [-0.2, 0) is 6.42 Å². The van der Waals surface area contributed by atoms with Crippen LogP contribution >= 0.6 is 0 Å². The Bertz CT molecular complexity index is 376. The number of piperidine rings is 1. The van der Waals surface area contributed by atoms with E-state index in [1.54, 1.807) is 0 Å². The molecule has 2 nitrogen and oxygen atoms in total. The first kappa shape index (κ1) is 11.2. The minimum Gasteiger partial charge on any atom is -0.327 e. The molecule has 1 aromatic rings. The van der Waals surface area contributed by atoms with Crippen molar-refractivity contribution >= 4 is 0 Å². The lowest BCUT2D eigenvalue weighted by Gasteiger charge is -2.41. The summed E-state index contributed by atoms with van der Waals surface area (Å²) in [5.41, 5.74) is 7.82. The van der Waals surface area contributed by atoms with Crippen LogP contribution in [0, 0.1) is 5.92 Å². The molecule has 3 rings (SSSR count). The first-order chi connectivity index (χ1) is 8.25. The third-order valence-corrected chi connectivity index (χ3v) is 4.80. The van der Waals surface area contributed by atoms with E-state index in [0.717, 1.165) is 12.5 Å². The summed E-state index contributed by atoms with van der Waals surface area (Å²) in [6.07, 6.45) is 5.01. The predicted molar refractivity (Wildman–Crippen MR) is 70.8 cm³/mol. The van der Waals surface area contributed by atoms with Crippen LogP contribution in [0.1, 0.15) is 24.8 Å². The summed E-state index contributed by atoms with van der Waals surface area (Å²) >= 11 is 0. The molecule has 2 aliphatic rings. The standard InChI is InChI=1S/C15H22N2/c1-17-12-7-8-15(17)13(14(16)10-12)9-11-5-3-2-4-6-11/h2-6,12-15H,7-10,16H2,1H3/t12-,13-,14+,15-/m0/s1. The molecule has 2 aliphatic heterocycles. The van der Waals surface area contributed by atoms with Gasteiger partial charge in [-0.3, -0.25) is 0 Å². The number of fused-ring (bicyclic) bond motifs is 2. The van der Waals surface area contributed by atoms with Gasteiger partial charge < -0.3 is 10.6 Å². The smallest absolute Gasteiger partial charge is 0.0142 e. The second kappa shape index (κ2) is 4.43. The van der Waals surface area contributed by atoms with E-state index in [2.05, 4.69) is 42.3 Å². The molecule has 2 saturated heterocycles. The van der Waals surface area contributed by atoms with Crippen molar-refractivity contribution in [2.45, 2.75) is 43.8 Å². The van der Waals surface area contributed by atoms with Gasteiger partial charge >= 0.3 is 0 Å². The van der Waals surface area contributed by atoms with Crippen LogP contribution in [-0.4, -0.2) is 30.1 Å². The number of nitrogens with zero attached hydrogens (tertiary/aromatic N) is 1. The largest absolute Gasteiger partial charge is 0.327 e. The molecule has 2 heteroatoms. The van der Waals surface area contributed by atoms with E-state index >= 15 is 0 Å². The molecule has 2 fully saturated rings. The molecular formula is C15H22N2. The van der Waals surface area contributed by atoms with Crippen LogP contribution in [0.2, 0.25) is 0 Å². The van der Waals surface area contributed by atoms with Gasteiger partial charge in [-0.15, -0.1) is 0 Å². The molecule has 0 saturated carbocycles. The fourth-order valence-electron chi connectivity index (χ4n) is 3.79. The average molecular weight is 230 g/mol. The Morgan fingerprint density at radius 2 is 2.00 bits per heavy atom. The molecule has 2 heterocycles. The third kappa shape index (κ3) is 2.00. The molecule has 4 atom stereocenters. The highest BCUT2D eigenvalue weighted by Gasteiger charge is 2.43. The quantitative estimate of drug-likeness (QED) is 0.842. The summed E-state index contributed by atoms with van der Waals surface area (Å²) < 4.78 is 0. The highest BCUT2D eigenvalue weighted by Crippen LogP contribution is 2.38. The molecule has 17 heavy (non-hydrogen) atoms. The minimum atomic E-state index is 0.393. The van der Waals surface area contributed by atoms with E-state index in [0.29, 0.717) is 18.0 Å². The summed E-state index contributed by atoms with van der Waals surface area (Å²) in [6, 6.07) is 12.7. The van der Waals surface area contributed by atoms with Gasteiger partial charge in [0.2, 0.25) is 0 Å². The Balaban J connectivity index is 1.77. The second-order valence-electron chi connectivity index (χ2n) is 5.72. The third-order valence-electron chi connectivity index (χ3n) is 4.80. The number of hydrogen-bond acceptors (Lipinski definition) is 2. The van der Waals surface area contributed by atoms with Crippen molar-refractivity contribution < 1.29 is 0 Å². The number of hydrogen-bond donors (Lipinski definition) is 1. The molecule has 0 spiro atoms. The van der Waals surface area contributed by atoms with Crippen LogP contribution in [0.4, 0.5) is 0 Å². The lowest BCUT2D eigenvalue weighted by Crippen LogP contribution is -2.52. The first-order valence-electron chi connectivity index (χ1n) is 6.77. The van der Waals surface area contributed by atoms with Crippen molar-refractivity contribution in [3.05, 3.63) is 35.9 Å². The van der Waals surface area contributed by atoms with Crippen LogP contribution in [0.3, 0.4) is 0 Å². The van der Waals surface area contributed by atoms with Gasteiger partial charge in [0.05, 0.1) is 0 Å². The Labute approximate surface area is 104 Å². The lowest BCUT2D eigenvalue weighted by molar-refractivity contribution is 0.102. The van der Waals surface area contributed by atoms with Crippen molar-refractivity contribution in [2.75, 3.05) is 7.05 Å². The zero-order chi connectivity index (χ0) is 11.8. The van der Waals surface area contributed by atoms with E-state index in [-0.39, 0.29) is 0 Å². The van der Waals surface area contributed by atoms with Crippen molar-refractivity contribution in [1.29, 1.82) is 0 Å². The van der Waals surface area contributed by atoms with Gasteiger partial charge in [-0.2, -0.15) is 0 Å². The zero-order valence-electron chi connectivity index (χ0n) is 10.5. The van der Waals surface area contributed by atoms with Gasteiger partial charge in [-0.1, -0.05) is 30.3 Å². The van der Waals surface area contributed by atoms with Gasteiger partial charge in [-0.05, 0) is 44.2 Å². The van der Waals surface area contributed by atoms with Crippen LogP contribution in [0.5, 0.6) is 0 Å². The van der Waals surface area contributed by atoms with E-state index in [4.69, 9.17) is 5.73 Å². The van der Waals surface area contributed by atoms with Crippen molar-refractivity contribution in [2.24, 2.45) is 11.7 Å². The van der Waals surface area contributed by atoms with Crippen LogP contribution < -0.4 is 5.73 Å². The van der Waals surface area contributed by atoms with Gasteiger partial charge in [0.25, 0.3) is 0 Å². The maximum atomic E-state index is 6.38. The van der Waals surface area contributed by atoms with Crippen molar-refractivity contribution in [3.63, 3.8) is 0 Å². The van der Waals surface area contributed by atoms with Crippen molar-refractivity contribution in [1.82, 2.24) is 4.90 Å². The van der Waals surface area contributed by atoms with E-state index in [1.807, 2.05) is 0 Å². The fraction of sp³-hybridized carbons (Fsp3) is 0.600. The molecular weight excluding hydrogens is 208 g/mol. The monoisotopic (exact) mass is 230 g/mol. The molecule has 0 radical (unpaired) electrons. The highest BCUT2D eigenvalue weighted by molar-refractivity contribution is 5.17. The fourth-order valence-corrected chi connectivity index (χ4v) is 3.79. The summed E-state index contributed by atoms with van der Waals surface area (Å²) in [4.78, 5) is 2.58. The minimum absolute atomic E-state index is 0.393. The molecule has 0 unspecified atom stereocenters. The lowest BCUT2D eigenvalue weighted by atomic mass is 9.82. The van der Waals surface area contributed by atoms with E-state index in [9.17, 15) is 0 Å². The first-order valence-corrected chi connectivity index (χ1v) is 6.77. The molecule has 1 aromatic carbocycles. The normalized spacial score (nSPS) is 37.3. The second-order valence-corrected chi connectivity index (χ2v) is 5.72. The van der Waals surface area contributed by atoms with Crippen LogP contribution in [0.25, 0.3) is 0 Å². The Morgan fingerprint density at radius 3 is 2.76 bits per heavy atom. The molecule has 0 aromatic heterocycles. The topological polar surface area (TPSA) is 29.3 Å². The van der Waals surface area contributed by atoms with E-state index < -0.39 is 0 Å². The summed E-state index contributed by atoms with van der Waals surface area (Å²) in [5.74, 6) is 0.640. The van der Waals surface area contributed by atoms with Gasteiger partial charge in [0.15, 0.2) is 0 Å². The van der Waals surface area contributed by atoms with Crippen LogP contribution in [0.15, 0.2) is 30.3 Å². The van der Waals surface area contributed by atoms with Crippen molar-refractivity contribution in [3.8, 4) is 0 Å². The number of nitrogens with two attached hydrogens (primary N) is 1. The van der Waals surface area contributed by atoms with Gasteiger partial charge in [-0.25, -0.2) is 0 Å². The summed E-state index contributed by atoms with van der Waals surface area (Å²) in [6.45, 7) is 0. The summed E-state index contributed by atoms with van der Waals surface area (Å²) in [5, 5.41) is 0. The highest BCUT2D eigenvalue weighted by atomic mass is 15.2. The predicted octanol–water partition coefficient (Wildman–Crippen LogP) is 2.04. The molecule has 0 amide bonds. The molecule has 92 valence electrons.